The summed E-state index contributed by atoms with van der Waals surface area (Å²) >= 11 is 0. The van der Waals surface area contributed by atoms with Crippen LogP contribution in [0.15, 0.2) is 47.4 Å². The van der Waals surface area contributed by atoms with Crippen LogP contribution in [0.3, 0.4) is 0 Å². The van der Waals surface area contributed by atoms with Crippen LogP contribution in [0.1, 0.15) is 27.9 Å². The summed E-state index contributed by atoms with van der Waals surface area (Å²) in [5, 5.41) is 0. The van der Waals surface area contributed by atoms with E-state index < -0.39 is 34.2 Å². The van der Waals surface area contributed by atoms with Gasteiger partial charge in [0.05, 0.1) is 11.3 Å². The van der Waals surface area contributed by atoms with Crippen molar-refractivity contribution < 1.29 is 27.1 Å². The summed E-state index contributed by atoms with van der Waals surface area (Å²) in [5.74, 6) is -1.66. The van der Waals surface area contributed by atoms with Gasteiger partial charge in [0.2, 0.25) is 10.0 Å². The zero-order valence-corrected chi connectivity index (χ0v) is 15.8. The van der Waals surface area contributed by atoms with Crippen molar-refractivity contribution in [1.29, 1.82) is 0 Å². The molecule has 0 aliphatic carbocycles. The standard InChI is InChI=1S/C19H20FNO5S/c1-13-3-4-14(2)18(11-13)27(24,25)21-10-9-19(23)26-12-17(22)15-5-7-16(20)8-6-15/h3-8,11,21H,9-10,12H2,1-2H3. The smallest absolute Gasteiger partial charge is 0.307 e. The fourth-order valence-electron chi connectivity index (χ4n) is 2.30. The topological polar surface area (TPSA) is 89.5 Å². The van der Waals surface area contributed by atoms with E-state index in [0.29, 0.717) is 5.56 Å². The molecule has 0 spiro atoms. The molecule has 0 aliphatic rings. The first-order valence-electron chi connectivity index (χ1n) is 8.20. The largest absolute Gasteiger partial charge is 0.457 e. The zero-order chi connectivity index (χ0) is 20.0. The molecule has 8 heteroatoms. The van der Waals surface area contributed by atoms with Gasteiger partial charge in [-0.25, -0.2) is 17.5 Å². The Hall–Kier alpha value is -2.58. The maximum absolute atomic E-state index is 12.8. The van der Waals surface area contributed by atoms with Crippen molar-refractivity contribution in [2.45, 2.75) is 25.2 Å². The number of sulfonamides is 1. The average Bonchev–Trinajstić information content (AvgIpc) is 2.62. The van der Waals surface area contributed by atoms with E-state index in [1.54, 1.807) is 26.0 Å². The Kier molecular flexibility index (Phi) is 6.81. The van der Waals surface area contributed by atoms with Gasteiger partial charge in [0, 0.05) is 12.1 Å². The van der Waals surface area contributed by atoms with Gasteiger partial charge in [-0.1, -0.05) is 12.1 Å². The zero-order valence-electron chi connectivity index (χ0n) is 15.0. The molecule has 2 aromatic rings. The molecule has 27 heavy (non-hydrogen) atoms. The van der Waals surface area contributed by atoms with E-state index in [4.69, 9.17) is 4.74 Å². The molecular weight excluding hydrogens is 373 g/mol. The number of ketones is 1. The first-order chi connectivity index (χ1) is 12.7. The van der Waals surface area contributed by atoms with Gasteiger partial charge in [-0.2, -0.15) is 0 Å². The summed E-state index contributed by atoms with van der Waals surface area (Å²) in [5.41, 5.74) is 1.63. The van der Waals surface area contributed by atoms with E-state index in [0.717, 1.165) is 17.7 Å². The molecule has 0 atom stereocenters. The highest BCUT2D eigenvalue weighted by Gasteiger charge is 2.17. The van der Waals surface area contributed by atoms with Crippen LogP contribution >= 0.6 is 0 Å². The van der Waals surface area contributed by atoms with Crippen molar-refractivity contribution >= 4 is 21.8 Å². The normalized spacial score (nSPS) is 11.2. The molecule has 144 valence electrons. The summed E-state index contributed by atoms with van der Waals surface area (Å²) in [7, 11) is -3.75. The van der Waals surface area contributed by atoms with Gasteiger partial charge in [0.15, 0.2) is 12.4 Å². The molecule has 0 fully saturated rings. The van der Waals surface area contributed by atoms with Crippen molar-refractivity contribution in [3.05, 3.63) is 65.0 Å². The number of hydrogen-bond acceptors (Lipinski definition) is 5. The van der Waals surface area contributed by atoms with E-state index >= 15 is 0 Å². The second kappa shape index (κ2) is 8.88. The summed E-state index contributed by atoms with van der Waals surface area (Å²) in [4.78, 5) is 23.7. The minimum absolute atomic E-state index is 0.153. The third-order valence-corrected chi connectivity index (χ3v) is 5.39. The number of halogens is 1. The number of nitrogens with one attached hydrogen (secondary N) is 1. The van der Waals surface area contributed by atoms with E-state index in [1.807, 2.05) is 6.07 Å². The van der Waals surface area contributed by atoms with Crippen LogP contribution in [0.5, 0.6) is 0 Å². The minimum atomic E-state index is -3.75. The third kappa shape index (κ3) is 5.97. The molecule has 2 aromatic carbocycles. The first kappa shape index (κ1) is 20.7. The predicted molar refractivity (Wildman–Crippen MR) is 97.4 cm³/mol. The second-order valence-electron chi connectivity index (χ2n) is 6.01. The Balaban J connectivity index is 1.82. The highest BCUT2D eigenvalue weighted by Crippen LogP contribution is 2.16. The summed E-state index contributed by atoms with van der Waals surface area (Å²) in [6.07, 6.45) is -0.221. The van der Waals surface area contributed by atoms with Crippen LogP contribution in [0, 0.1) is 19.7 Å². The van der Waals surface area contributed by atoms with Crippen molar-refractivity contribution in [3.63, 3.8) is 0 Å². The second-order valence-corrected chi connectivity index (χ2v) is 7.74. The van der Waals surface area contributed by atoms with Gasteiger partial charge in [-0.15, -0.1) is 0 Å². The molecule has 0 aliphatic heterocycles. The van der Waals surface area contributed by atoms with E-state index in [2.05, 4.69) is 4.72 Å². The fourth-order valence-corrected chi connectivity index (χ4v) is 3.66. The Bertz CT molecular complexity index is 939. The van der Waals surface area contributed by atoms with Crippen molar-refractivity contribution in [2.75, 3.05) is 13.2 Å². The van der Waals surface area contributed by atoms with Gasteiger partial charge in [0.25, 0.3) is 0 Å². The van der Waals surface area contributed by atoms with Crippen LogP contribution < -0.4 is 4.72 Å². The number of Topliss-reactive ketones (excluding diaryl/α,β-unsaturated/α-hetero) is 1. The molecule has 0 saturated heterocycles. The lowest BCUT2D eigenvalue weighted by molar-refractivity contribution is -0.142. The Labute approximate surface area is 157 Å². The van der Waals surface area contributed by atoms with Crippen molar-refractivity contribution in [1.82, 2.24) is 4.72 Å². The number of benzene rings is 2. The monoisotopic (exact) mass is 393 g/mol. The number of rotatable bonds is 8. The Morgan fingerprint density at radius 2 is 1.74 bits per heavy atom. The van der Waals surface area contributed by atoms with Crippen LogP contribution in [-0.2, 0) is 19.6 Å². The molecule has 0 radical (unpaired) electrons. The number of carbonyl (C=O) groups is 2. The maximum Gasteiger partial charge on any atom is 0.307 e. The van der Waals surface area contributed by atoms with Crippen molar-refractivity contribution in [3.8, 4) is 0 Å². The Morgan fingerprint density at radius 3 is 2.41 bits per heavy atom. The lowest BCUT2D eigenvalue weighted by Crippen LogP contribution is -2.28. The number of carbonyl (C=O) groups excluding carboxylic acids is 2. The number of ether oxygens (including phenoxy) is 1. The van der Waals surface area contributed by atoms with E-state index in [-0.39, 0.29) is 23.4 Å². The molecule has 0 amide bonds. The molecule has 0 bridgehead atoms. The van der Waals surface area contributed by atoms with E-state index in [1.165, 1.54) is 12.1 Å². The van der Waals surface area contributed by atoms with Gasteiger partial charge in [-0.3, -0.25) is 9.59 Å². The quantitative estimate of drug-likeness (QED) is 0.550. The highest BCUT2D eigenvalue weighted by molar-refractivity contribution is 7.89. The van der Waals surface area contributed by atoms with Crippen LogP contribution in [0.25, 0.3) is 0 Å². The SMILES string of the molecule is Cc1ccc(C)c(S(=O)(=O)NCCC(=O)OCC(=O)c2ccc(F)cc2)c1. The van der Waals surface area contributed by atoms with E-state index in [9.17, 15) is 22.4 Å². The maximum atomic E-state index is 12.8. The Morgan fingerprint density at radius 1 is 1.07 bits per heavy atom. The third-order valence-electron chi connectivity index (χ3n) is 3.78. The highest BCUT2D eigenvalue weighted by atomic mass is 32.2. The average molecular weight is 393 g/mol. The summed E-state index contributed by atoms with van der Waals surface area (Å²) < 4.78 is 44.6. The van der Waals surface area contributed by atoms with Crippen molar-refractivity contribution in [2.24, 2.45) is 0 Å². The van der Waals surface area contributed by atoms with Gasteiger partial charge in [-0.05, 0) is 55.3 Å². The van der Waals surface area contributed by atoms with Gasteiger partial charge in [0.1, 0.15) is 5.82 Å². The van der Waals surface area contributed by atoms with Crippen LogP contribution in [0.4, 0.5) is 4.39 Å². The molecule has 0 saturated carbocycles. The number of aryl methyl sites for hydroxylation is 2. The van der Waals surface area contributed by atoms with Gasteiger partial charge < -0.3 is 4.74 Å². The minimum Gasteiger partial charge on any atom is -0.457 e. The fraction of sp³-hybridized carbons (Fsp3) is 0.263. The number of hydrogen-bond donors (Lipinski definition) is 1. The predicted octanol–water partition coefficient (Wildman–Crippen LogP) is 2.54. The number of esters is 1. The molecule has 0 heterocycles. The summed E-state index contributed by atoms with van der Waals surface area (Å²) in [6, 6.07) is 9.93. The first-order valence-corrected chi connectivity index (χ1v) is 9.68. The van der Waals surface area contributed by atoms with Gasteiger partial charge >= 0.3 is 5.97 Å². The molecule has 6 nitrogen and oxygen atoms in total. The van der Waals surface area contributed by atoms with Crippen LogP contribution in [-0.4, -0.2) is 33.3 Å². The lowest BCUT2D eigenvalue weighted by Gasteiger charge is -2.10. The summed E-state index contributed by atoms with van der Waals surface area (Å²) in [6.45, 7) is 2.82. The molecule has 1 N–H and O–H groups in total. The molecule has 2 rings (SSSR count). The van der Waals surface area contributed by atoms with Crippen LogP contribution in [0.2, 0.25) is 0 Å². The molecule has 0 aromatic heterocycles. The lowest BCUT2D eigenvalue weighted by atomic mass is 10.1. The molecule has 0 unspecified atom stereocenters. The molecular formula is C19H20FNO5S.